The maximum absolute atomic E-state index is 12.8. The van der Waals surface area contributed by atoms with Crippen LogP contribution in [0.4, 0.5) is 10.6 Å². The van der Waals surface area contributed by atoms with Crippen molar-refractivity contribution in [1.29, 1.82) is 0 Å². The lowest BCUT2D eigenvalue weighted by Gasteiger charge is -2.37. The molecule has 2 aliphatic carbocycles. The molecule has 0 unspecified atom stereocenters. The highest BCUT2D eigenvalue weighted by atomic mass is 16.2. The molecule has 210 valence electrons. The minimum Gasteiger partial charge on any atom is -0.338 e. The number of benzene rings is 1. The summed E-state index contributed by atoms with van der Waals surface area (Å²) in [6, 6.07) is 9.17. The molecule has 5 rings (SSSR count). The number of urea groups is 1. The number of nitrogens with two attached hydrogens (primary N) is 2. The zero-order chi connectivity index (χ0) is 28.0. The maximum Gasteiger partial charge on any atom is 0.354 e. The zero-order valence-electron chi connectivity index (χ0n) is 23.2. The van der Waals surface area contributed by atoms with Crippen LogP contribution in [0.5, 0.6) is 0 Å². The largest absolute Gasteiger partial charge is 0.354 e. The molecule has 2 bridgehead atoms. The van der Waals surface area contributed by atoms with E-state index in [4.69, 9.17) is 11.5 Å². The number of aromatic nitrogens is 2. The van der Waals surface area contributed by atoms with Gasteiger partial charge in [-0.15, -0.1) is 0 Å². The SMILES string of the molecule is CN(Cc1ccc(-n2ccc(NC(=O)N3CCN(C(=O)C(C)(C)N)CC3)nc2=O)cc1)C12CCC(N)(CC1)C2. The monoisotopic (exact) mass is 536 g/mol. The number of amides is 3. The summed E-state index contributed by atoms with van der Waals surface area (Å²) in [6.07, 6.45) is 7.21. The van der Waals surface area contributed by atoms with Crippen molar-refractivity contribution in [3.8, 4) is 5.69 Å². The van der Waals surface area contributed by atoms with E-state index in [-0.39, 0.29) is 28.8 Å². The maximum atomic E-state index is 12.8. The molecule has 39 heavy (non-hydrogen) atoms. The van der Waals surface area contributed by atoms with E-state index in [2.05, 4.69) is 22.2 Å². The lowest BCUT2D eigenvalue weighted by Crippen LogP contribution is -2.58. The van der Waals surface area contributed by atoms with Crippen LogP contribution >= 0.6 is 0 Å². The van der Waals surface area contributed by atoms with Gasteiger partial charge in [0.25, 0.3) is 0 Å². The quantitative estimate of drug-likeness (QED) is 0.508. The Morgan fingerprint density at radius 2 is 1.64 bits per heavy atom. The standard InChI is InChI=1S/C28H40N8O3/c1-26(2,29)23(37)34-14-16-35(17-15-34)24(38)31-22-8-13-36(25(39)32-22)21-6-4-20(5-7-21)18-33(3)28-11-9-27(30,19-28)10-12-28/h4-8,13H,9-12,14-19,29-30H2,1-3H3,(H,31,32,38,39). The van der Waals surface area contributed by atoms with E-state index in [0.29, 0.717) is 31.9 Å². The summed E-state index contributed by atoms with van der Waals surface area (Å²) >= 11 is 0. The predicted molar refractivity (Wildman–Crippen MR) is 149 cm³/mol. The Hall–Kier alpha value is -3.28. The average Bonchev–Trinajstić information content (AvgIpc) is 3.44. The first-order valence-corrected chi connectivity index (χ1v) is 13.7. The van der Waals surface area contributed by atoms with E-state index < -0.39 is 11.2 Å². The van der Waals surface area contributed by atoms with Crippen molar-refractivity contribution in [3.63, 3.8) is 0 Å². The lowest BCUT2D eigenvalue weighted by molar-refractivity contribution is -0.137. The molecule has 1 aliphatic heterocycles. The van der Waals surface area contributed by atoms with Crippen molar-refractivity contribution in [2.75, 3.05) is 38.5 Å². The fraction of sp³-hybridized carbons (Fsp3) is 0.571. The number of carbonyl (C=O) groups is 2. The van der Waals surface area contributed by atoms with Gasteiger partial charge >= 0.3 is 11.7 Å². The molecule has 3 fully saturated rings. The second-order valence-electron chi connectivity index (χ2n) is 12.2. The molecule has 2 aromatic rings. The Morgan fingerprint density at radius 3 is 2.18 bits per heavy atom. The summed E-state index contributed by atoms with van der Waals surface area (Å²) in [5, 5.41) is 2.70. The first-order chi connectivity index (χ1) is 18.4. The van der Waals surface area contributed by atoms with Gasteiger partial charge < -0.3 is 21.3 Å². The van der Waals surface area contributed by atoms with Crippen molar-refractivity contribution in [2.24, 2.45) is 11.5 Å². The van der Waals surface area contributed by atoms with E-state index in [1.54, 1.807) is 35.9 Å². The lowest BCUT2D eigenvalue weighted by atomic mass is 9.90. The van der Waals surface area contributed by atoms with Crippen molar-refractivity contribution in [2.45, 2.75) is 69.1 Å². The van der Waals surface area contributed by atoms with Gasteiger partial charge in [0.15, 0.2) is 0 Å². The van der Waals surface area contributed by atoms with Crippen molar-refractivity contribution in [1.82, 2.24) is 24.3 Å². The third-order valence-corrected chi connectivity index (χ3v) is 8.75. The van der Waals surface area contributed by atoms with Gasteiger partial charge in [0, 0.05) is 50.0 Å². The zero-order valence-corrected chi connectivity index (χ0v) is 23.2. The molecule has 0 spiro atoms. The van der Waals surface area contributed by atoms with E-state index in [1.807, 2.05) is 24.3 Å². The number of piperazine rings is 1. The summed E-state index contributed by atoms with van der Waals surface area (Å²) < 4.78 is 1.46. The highest BCUT2D eigenvalue weighted by Gasteiger charge is 2.54. The molecular weight excluding hydrogens is 496 g/mol. The molecule has 1 saturated heterocycles. The second kappa shape index (κ2) is 10.0. The van der Waals surface area contributed by atoms with E-state index in [0.717, 1.165) is 38.6 Å². The number of nitrogens with one attached hydrogen (secondary N) is 1. The van der Waals surface area contributed by atoms with Gasteiger partial charge in [0.1, 0.15) is 5.82 Å². The van der Waals surface area contributed by atoms with Crippen LogP contribution in [0, 0.1) is 0 Å². The molecule has 0 atom stereocenters. The first-order valence-electron chi connectivity index (χ1n) is 13.7. The van der Waals surface area contributed by atoms with Crippen molar-refractivity contribution in [3.05, 3.63) is 52.6 Å². The molecule has 1 aromatic heterocycles. The fourth-order valence-electron chi connectivity index (χ4n) is 6.32. The summed E-state index contributed by atoms with van der Waals surface area (Å²) in [7, 11) is 2.19. The second-order valence-corrected chi connectivity index (χ2v) is 12.2. The molecule has 3 aliphatic rings. The number of anilines is 1. The predicted octanol–water partition coefficient (Wildman–Crippen LogP) is 1.49. The highest BCUT2D eigenvalue weighted by molar-refractivity contribution is 5.89. The molecule has 1 aromatic carbocycles. The van der Waals surface area contributed by atoms with E-state index >= 15 is 0 Å². The molecule has 3 amide bonds. The Balaban J connectivity index is 1.17. The Morgan fingerprint density at radius 1 is 1.03 bits per heavy atom. The summed E-state index contributed by atoms with van der Waals surface area (Å²) in [6.45, 7) is 5.74. The average molecular weight is 537 g/mol. The van der Waals surface area contributed by atoms with Crippen LogP contribution in [-0.4, -0.2) is 86.0 Å². The fourth-order valence-corrected chi connectivity index (χ4v) is 6.32. The van der Waals surface area contributed by atoms with Gasteiger partial charge in [-0.2, -0.15) is 4.98 Å². The normalized spacial score (nSPS) is 24.9. The molecule has 5 N–H and O–H groups in total. The number of carbonyl (C=O) groups excluding carboxylic acids is 2. The van der Waals surface area contributed by atoms with Gasteiger partial charge in [-0.05, 0) is 76.8 Å². The summed E-state index contributed by atoms with van der Waals surface area (Å²) in [5.41, 5.74) is 13.1. The van der Waals surface area contributed by atoms with E-state index in [9.17, 15) is 14.4 Å². The number of hydrogen-bond donors (Lipinski definition) is 3. The van der Waals surface area contributed by atoms with Gasteiger partial charge in [-0.1, -0.05) is 12.1 Å². The van der Waals surface area contributed by atoms with Crippen molar-refractivity contribution >= 4 is 17.8 Å². The minimum absolute atomic E-state index is 0.0231. The highest BCUT2D eigenvalue weighted by Crippen LogP contribution is 2.52. The third-order valence-electron chi connectivity index (χ3n) is 8.75. The number of fused-ring (bicyclic) bond motifs is 2. The Bertz CT molecular complexity index is 1280. The first kappa shape index (κ1) is 27.3. The number of nitrogens with zero attached hydrogens (tertiary/aromatic N) is 5. The van der Waals surface area contributed by atoms with Crippen LogP contribution < -0.4 is 22.5 Å². The molecule has 2 heterocycles. The van der Waals surface area contributed by atoms with Gasteiger partial charge in [-0.25, -0.2) is 9.59 Å². The molecular formula is C28H40N8O3. The topological polar surface area (TPSA) is 143 Å². The van der Waals surface area contributed by atoms with Crippen LogP contribution in [-0.2, 0) is 11.3 Å². The van der Waals surface area contributed by atoms with Crippen molar-refractivity contribution < 1.29 is 9.59 Å². The van der Waals surface area contributed by atoms with Gasteiger partial charge in [-0.3, -0.25) is 19.6 Å². The van der Waals surface area contributed by atoms with Crippen LogP contribution in [0.25, 0.3) is 5.69 Å². The smallest absolute Gasteiger partial charge is 0.338 e. The van der Waals surface area contributed by atoms with Crippen LogP contribution in [0.15, 0.2) is 41.3 Å². The van der Waals surface area contributed by atoms with Gasteiger partial charge in [0.05, 0.1) is 11.2 Å². The molecule has 2 saturated carbocycles. The summed E-state index contributed by atoms with van der Waals surface area (Å²) in [5.74, 6) is 0.0438. The summed E-state index contributed by atoms with van der Waals surface area (Å²) in [4.78, 5) is 47.6. The van der Waals surface area contributed by atoms with Gasteiger partial charge in [0.2, 0.25) is 5.91 Å². The number of rotatable bonds is 6. The van der Waals surface area contributed by atoms with E-state index in [1.165, 1.54) is 10.1 Å². The minimum atomic E-state index is -0.946. The Kier molecular flexibility index (Phi) is 7.02. The third kappa shape index (κ3) is 5.57. The molecule has 0 radical (unpaired) electrons. The van der Waals surface area contributed by atoms with Crippen LogP contribution in [0.2, 0.25) is 0 Å². The van der Waals surface area contributed by atoms with Crippen LogP contribution in [0.3, 0.4) is 0 Å². The van der Waals surface area contributed by atoms with Crippen LogP contribution in [0.1, 0.15) is 51.5 Å². The Labute approximate surface area is 229 Å². The molecule has 11 nitrogen and oxygen atoms in total. The number of hydrogen-bond acceptors (Lipinski definition) is 7. The molecule has 11 heteroatoms.